The molecule has 0 aliphatic heterocycles. The Bertz CT molecular complexity index is 590. The molecular weight excluding hydrogens is 314 g/mol. The van der Waals surface area contributed by atoms with Crippen LogP contribution in [-0.2, 0) is 14.1 Å². The highest BCUT2D eigenvalue weighted by Crippen LogP contribution is 2.12. The van der Waals surface area contributed by atoms with Crippen molar-refractivity contribution >= 4 is 5.82 Å². The summed E-state index contributed by atoms with van der Waals surface area (Å²) >= 11 is 0. The average molecular weight is 352 g/mol. The summed E-state index contributed by atoms with van der Waals surface area (Å²) in [5, 5.41) is 3.21. The number of hydrogen-bond donors (Lipinski definition) is 1. The van der Waals surface area contributed by atoms with Crippen LogP contribution in [0.15, 0.2) is 15.7 Å². The molecular formula is C20H37N3O2. The third-order valence-corrected chi connectivity index (χ3v) is 4.86. The van der Waals surface area contributed by atoms with E-state index in [9.17, 15) is 9.59 Å². The normalized spacial score (nSPS) is 11.0. The van der Waals surface area contributed by atoms with Crippen LogP contribution in [0.4, 0.5) is 5.82 Å². The maximum absolute atomic E-state index is 11.8. The van der Waals surface area contributed by atoms with Crippen LogP contribution in [0.1, 0.15) is 84.0 Å². The molecule has 0 aliphatic rings. The molecule has 0 aromatic carbocycles. The van der Waals surface area contributed by atoms with Crippen molar-refractivity contribution in [1.82, 2.24) is 9.13 Å². The molecule has 0 atom stereocenters. The molecule has 0 fully saturated rings. The molecule has 0 radical (unpaired) electrons. The molecule has 1 rings (SSSR count). The largest absolute Gasteiger partial charge is 0.371 e. The van der Waals surface area contributed by atoms with Crippen LogP contribution in [0.3, 0.4) is 0 Å². The summed E-state index contributed by atoms with van der Waals surface area (Å²) in [4.78, 5) is 23.5. The first-order chi connectivity index (χ1) is 12.1. The van der Waals surface area contributed by atoms with E-state index in [4.69, 9.17) is 0 Å². The van der Waals surface area contributed by atoms with E-state index in [-0.39, 0.29) is 11.2 Å². The molecule has 0 saturated carbocycles. The van der Waals surface area contributed by atoms with Crippen LogP contribution in [0, 0.1) is 0 Å². The van der Waals surface area contributed by atoms with Crippen molar-refractivity contribution in [3.05, 3.63) is 26.9 Å². The minimum Gasteiger partial charge on any atom is -0.371 e. The summed E-state index contributed by atoms with van der Waals surface area (Å²) in [6, 6.07) is 1.49. The second kappa shape index (κ2) is 12.8. The first-order valence-electron chi connectivity index (χ1n) is 10.1. The summed E-state index contributed by atoms with van der Waals surface area (Å²) in [6.07, 6.45) is 15.9. The third-order valence-electron chi connectivity index (χ3n) is 4.86. The third kappa shape index (κ3) is 8.41. The van der Waals surface area contributed by atoms with E-state index in [0.717, 1.165) is 17.5 Å². The number of unbranched alkanes of at least 4 members (excludes halogenated alkanes) is 11. The van der Waals surface area contributed by atoms with E-state index < -0.39 is 0 Å². The molecule has 1 aromatic rings. The smallest absolute Gasteiger partial charge is 0.332 e. The van der Waals surface area contributed by atoms with Gasteiger partial charge in [-0.15, -0.1) is 0 Å². The van der Waals surface area contributed by atoms with Crippen LogP contribution in [-0.4, -0.2) is 15.7 Å². The lowest BCUT2D eigenvalue weighted by Crippen LogP contribution is -2.37. The lowest BCUT2D eigenvalue weighted by atomic mass is 10.1. The molecule has 0 amide bonds. The predicted molar refractivity (Wildman–Crippen MR) is 106 cm³/mol. The fourth-order valence-electron chi connectivity index (χ4n) is 3.08. The number of nitrogens with one attached hydrogen (secondary N) is 1. The van der Waals surface area contributed by atoms with Gasteiger partial charge in [0, 0.05) is 26.7 Å². The van der Waals surface area contributed by atoms with Gasteiger partial charge in [0.25, 0.3) is 5.56 Å². The number of hydrogen-bond acceptors (Lipinski definition) is 3. The molecule has 5 heteroatoms. The summed E-state index contributed by atoms with van der Waals surface area (Å²) in [5.41, 5.74) is -0.551. The van der Waals surface area contributed by atoms with Crippen molar-refractivity contribution in [3.63, 3.8) is 0 Å². The van der Waals surface area contributed by atoms with E-state index >= 15 is 0 Å². The Kier molecular flexibility index (Phi) is 11.0. The monoisotopic (exact) mass is 351 g/mol. The minimum atomic E-state index is -0.287. The molecule has 0 unspecified atom stereocenters. The highest BCUT2D eigenvalue weighted by molar-refractivity contribution is 5.33. The molecule has 25 heavy (non-hydrogen) atoms. The average Bonchev–Trinajstić information content (AvgIpc) is 2.61. The number of aromatic nitrogens is 2. The molecule has 5 nitrogen and oxygen atoms in total. The maximum atomic E-state index is 11.8. The minimum absolute atomic E-state index is 0.264. The van der Waals surface area contributed by atoms with Gasteiger partial charge in [-0.25, -0.2) is 4.79 Å². The molecule has 144 valence electrons. The molecule has 1 N–H and O–H groups in total. The van der Waals surface area contributed by atoms with Gasteiger partial charge in [-0.2, -0.15) is 0 Å². The summed E-state index contributed by atoms with van der Waals surface area (Å²) in [5.74, 6) is 0.608. The Hall–Kier alpha value is -1.52. The zero-order valence-electron chi connectivity index (χ0n) is 16.5. The van der Waals surface area contributed by atoms with Crippen molar-refractivity contribution in [1.29, 1.82) is 0 Å². The number of nitrogens with zero attached hydrogens (tertiary/aromatic N) is 2. The Morgan fingerprint density at radius 2 is 1.24 bits per heavy atom. The Balaban J connectivity index is 2.03. The molecule has 0 spiro atoms. The van der Waals surface area contributed by atoms with Gasteiger partial charge < -0.3 is 5.32 Å². The van der Waals surface area contributed by atoms with Crippen LogP contribution in [0.5, 0.6) is 0 Å². The number of rotatable bonds is 14. The summed E-state index contributed by atoms with van der Waals surface area (Å²) in [7, 11) is 3.19. The van der Waals surface area contributed by atoms with Crippen LogP contribution in [0.25, 0.3) is 0 Å². The van der Waals surface area contributed by atoms with E-state index in [1.54, 1.807) is 7.05 Å². The van der Waals surface area contributed by atoms with Gasteiger partial charge in [0.1, 0.15) is 5.82 Å². The van der Waals surface area contributed by atoms with E-state index in [1.807, 2.05) is 0 Å². The quantitative estimate of drug-likeness (QED) is 0.511. The highest BCUT2D eigenvalue weighted by Gasteiger charge is 2.04. The lowest BCUT2D eigenvalue weighted by Gasteiger charge is -2.11. The molecule has 0 bridgehead atoms. The Labute approximate surface area is 152 Å². The second-order valence-electron chi connectivity index (χ2n) is 7.08. The molecule has 1 heterocycles. The molecule has 0 saturated heterocycles. The molecule has 1 aromatic heterocycles. The van der Waals surface area contributed by atoms with Gasteiger partial charge in [0.15, 0.2) is 0 Å². The predicted octanol–water partition coefficient (Wildman–Crippen LogP) is 4.20. The van der Waals surface area contributed by atoms with Gasteiger partial charge in [0.2, 0.25) is 0 Å². The van der Waals surface area contributed by atoms with Crippen molar-refractivity contribution in [2.45, 2.75) is 84.0 Å². The Morgan fingerprint density at radius 3 is 1.76 bits per heavy atom. The van der Waals surface area contributed by atoms with E-state index in [0.29, 0.717) is 5.82 Å². The fraction of sp³-hybridized carbons (Fsp3) is 0.800. The SMILES string of the molecule is CCCCCCCCCCCCCCNc1cc(=O)n(C)c(=O)n1C. The first-order valence-corrected chi connectivity index (χ1v) is 10.1. The summed E-state index contributed by atoms with van der Waals surface area (Å²) < 4.78 is 2.61. The standard InChI is InChI=1S/C20H37N3O2/c1-4-5-6-7-8-9-10-11-12-13-14-15-16-21-18-17-19(24)23(3)20(25)22(18)2/h17,21H,4-16H2,1-3H3. The van der Waals surface area contributed by atoms with Gasteiger partial charge in [-0.3, -0.25) is 13.9 Å². The first kappa shape index (κ1) is 21.5. The van der Waals surface area contributed by atoms with Crippen LogP contribution in [0.2, 0.25) is 0 Å². The lowest BCUT2D eigenvalue weighted by molar-refractivity contribution is 0.546. The molecule has 0 aliphatic carbocycles. The fourth-order valence-corrected chi connectivity index (χ4v) is 3.08. The van der Waals surface area contributed by atoms with Crippen LogP contribution >= 0.6 is 0 Å². The zero-order chi connectivity index (χ0) is 18.5. The summed E-state index contributed by atoms with van der Waals surface area (Å²) in [6.45, 7) is 3.06. The maximum Gasteiger partial charge on any atom is 0.332 e. The van der Waals surface area contributed by atoms with Crippen molar-refractivity contribution in [3.8, 4) is 0 Å². The van der Waals surface area contributed by atoms with Crippen LogP contribution < -0.4 is 16.6 Å². The Morgan fingerprint density at radius 1 is 0.760 bits per heavy atom. The topological polar surface area (TPSA) is 56.0 Å². The van der Waals surface area contributed by atoms with Gasteiger partial charge in [0.05, 0.1) is 0 Å². The van der Waals surface area contributed by atoms with E-state index in [2.05, 4.69) is 12.2 Å². The van der Waals surface area contributed by atoms with E-state index in [1.165, 1.54) is 88.3 Å². The van der Waals surface area contributed by atoms with Gasteiger partial charge >= 0.3 is 5.69 Å². The van der Waals surface area contributed by atoms with Gasteiger partial charge in [-0.1, -0.05) is 77.6 Å². The zero-order valence-corrected chi connectivity index (χ0v) is 16.5. The highest BCUT2D eigenvalue weighted by atomic mass is 16.2. The van der Waals surface area contributed by atoms with Crippen molar-refractivity contribution < 1.29 is 0 Å². The number of anilines is 1. The van der Waals surface area contributed by atoms with Gasteiger partial charge in [-0.05, 0) is 6.42 Å². The van der Waals surface area contributed by atoms with Crippen molar-refractivity contribution in [2.24, 2.45) is 14.1 Å². The second-order valence-corrected chi connectivity index (χ2v) is 7.08. The van der Waals surface area contributed by atoms with Crippen molar-refractivity contribution in [2.75, 3.05) is 11.9 Å².